The van der Waals surface area contributed by atoms with Crippen LogP contribution in [0.25, 0.3) is 0 Å². The molecule has 0 spiro atoms. The first-order chi connectivity index (χ1) is 6.19. The van der Waals surface area contributed by atoms with Crippen molar-refractivity contribution in [3.63, 3.8) is 0 Å². The maximum Gasteiger partial charge on any atom is 0.136 e. The van der Waals surface area contributed by atoms with Gasteiger partial charge in [0, 0.05) is 12.2 Å². The van der Waals surface area contributed by atoms with Crippen LogP contribution in [-0.2, 0) is 6.42 Å². The molecule has 0 saturated heterocycles. The predicted molar refractivity (Wildman–Crippen MR) is 51.4 cm³/mol. The highest BCUT2D eigenvalue weighted by Gasteiger charge is 2.08. The van der Waals surface area contributed by atoms with Crippen LogP contribution in [0.4, 0.5) is 4.39 Å². The van der Waals surface area contributed by atoms with E-state index in [9.17, 15) is 4.39 Å². The van der Waals surface area contributed by atoms with Crippen LogP contribution in [-0.4, -0.2) is 18.8 Å². The van der Waals surface area contributed by atoms with Gasteiger partial charge in [-0.3, -0.25) is 0 Å². The van der Waals surface area contributed by atoms with Crippen molar-refractivity contribution in [2.75, 3.05) is 13.7 Å². The van der Waals surface area contributed by atoms with Gasteiger partial charge in [0.25, 0.3) is 0 Å². The molecule has 1 N–H and O–H groups in total. The first-order valence-electron chi connectivity index (χ1n) is 3.81. The predicted octanol–water partition coefficient (Wildman–Crippen LogP) is 2.13. The van der Waals surface area contributed by atoms with E-state index < -0.39 is 0 Å². The fraction of sp³-hybridized carbons (Fsp3) is 0.333. The molecule has 2 nitrogen and oxygen atoms in total. The molecular formula is C9H10BrFO2. The van der Waals surface area contributed by atoms with Crippen LogP contribution in [0.5, 0.6) is 5.75 Å². The molecule has 0 amide bonds. The van der Waals surface area contributed by atoms with Gasteiger partial charge in [-0.1, -0.05) is 0 Å². The minimum absolute atomic E-state index is 0.0216. The van der Waals surface area contributed by atoms with E-state index in [1.807, 2.05) is 0 Å². The summed E-state index contributed by atoms with van der Waals surface area (Å²) < 4.78 is 18.5. The van der Waals surface area contributed by atoms with E-state index >= 15 is 0 Å². The number of hydrogen-bond acceptors (Lipinski definition) is 2. The Hall–Kier alpha value is -0.610. The summed E-state index contributed by atoms with van der Waals surface area (Å²) in [5.41, 5.74) is 0.664. The molecule has 0 saturated carbocycles. The highest BCUT2D eigenvalue weighted by atomic mass is 79.9. The number of methoxy groups -OCH3 is 1. The van der Waals surface area contributed by atoms with E-state index in [4.69, 9.17) is 9.84 Å². The molecule has 1 rings (SSSR count). The molecule has 13 heavy (non-hydrogen) atoms. The average molecular weight is 249 g/mol. The summed E-state index contributed by atoms with van der Waals surface area (Å²) in [7, 11) is 1.51. The van der Waals surface area contributed by atoms with Crippen LogP contribution in [0.15, 0.2) is 16.6 Å². The topological polar surface area (TPSA) is 29.5 Å². The Bertz CT molecular complexity index is 302. The van der Waals surface area contributed by atoms with Crippen LogP contribution < -0.4 is 4.74 Å². The molecule has 4 heteroatoms. The molecule has 72 valence electrons. The van der Waals surface area contributed by atoms with Gasteiger partial charge in [-0.2, -0.15) is 0 Å². The highest BCUT2D eigenvalue weighted by molar-refractivity contribution is 9.10. The Morgan fingerprint density at radius 3 is 2.77 bits per heavy atom. The van der Waals surface area contributed by atoms with Crippen LogP contribution >= 0.6 is 15.9 Å². The quantitative estimate of drug-likeness (QED) is 0.889. The van der Waals surface area contributed by atoms with Crippen molar-refractivity contribution in [3.8, 4) is 5.75 Å². The lowest BCUT2D eigenvalue weighted by atomic mass is 10.1. The van der Waals surface area contributed by atoms with Gasteiger partial charge in [0.05, 0.1) is 11.6 Å². The Labute approximate surface area is 84.5 Å². The van der Waals surface area contributed by atoms with Gasteiger partial charge in [-0.25, -0.2) is 4.39 Å². The number of rotatable bonds is 3. The van der Waals surface area contributed by atoms with Gasteiger partial charge in [0.15, 0.2) is 0 Å². The Morgan fingerprint density at radius 1 is 1.54 bits per heavy atom. The molecule has 0 aromatic heterocycles. The number of aliphatic hydroxyl groups is 1. The third-order valence-electron chi connectivity index (χ3n) is 1.67. The van der Waals surface area contributed by atoms with E-state index in [2.05, 4.69) is 15.9 Å². The van der Waals surface area contributed by atoms with Gasteiger partial charge in [-0.15, -0.1) is 0 Å². The monoisotopic (exact) mass is 248 g/mol. The van der Waals surface area contributed by atoms with Crippen molar-refractivity contribution in [1.82, 2.24) is 0 Å². The summed E-state index contributed by atoms with van der Waals surface area (Å²) >= 11 is 3.18. The summed E-state index contributed by atoms with van der Waals surface area (Å²) in [6.07, 6.45) is 0.388. The van der Waals surface area contributed by atoms with E-state index in [1.165, 1.54) is 19.2 Å². The molecule has 1 aromatic carbocycles. The van der Waals surface area contributed by atoms with Crippen LogP contribution in [0.2, 0.25) is 0 Å². The average Bonchev–Trinajstić information content (AvgIpc) is 2.04. The molecule has 0 heterocycles. The molecule has 0 aliphatic heterocycles. The van der Waals surface area contributed by atoms with Crippen molar-refractivity contribution >= 4 is 15.9 Å². The maximum atomic E-state index is 12.9. The van der Waals surface area contributed by atoms with E-state index in [-0.39, 0.29) is 12.4 Å². The van der Waals surface area contributed by atoms with Crippen molar-refractivity contribution in [3.05, 3.63) is 28.0 Å². The minimum Gasteiger partial charge on any atom is -0.495 e. The lowest BCUT2D eigenvalue weighted by Crippen LogP contribution is -1.97. The summed E-state index contributed by atoms with van der Waals surface area (Å²) in [6, 6.07) is 2.69. The van der Waals surface area contributed by atoms with Gasteiger partial charge in [-0.05, 0) is 34.5 Å². The molecule has 0 fully saturated rings. The Balaban J connectivity index is 3.13. The lowest BCUT2D eigenvalue weighted by molar-refractivity contribution is 0.296. The fourth-order valence-corrected chi connectivity index (χ4v) is 1.78. The van der Waals surface area contributed by atoms with E-state index in [0.29, 0.717) is 22.2 Å². The van der Waals surface area contributed by atoms with Crippen LogP contribution in [0.1, 0.15) is 5.56 Å². The van der Waals surface area contributed by atoms with Crippen molar-refractivity contribution in [1.29, 1.82) is 0 Å². The molecule has 1 aromatic rings. The van der Waals surface area contributed by atoms with Crippen LogP contribution in [0.3, 0.4) is 0 Å². The molecule has 0 atom stereocenters. The van der Waals surface area contributed by atoms with Crippen LogP contribution in [0, 0.1) is 5.82 Å². The maximum absolute atomic E-state index is 12.9. The Morgan fingerprint density at radius 2 is 2.23 bits per heavy atom. The first kappa shape index (κ1) is 10.5. The zero-order chi connectivity index (χ0) is 9.84. The SMILES string of the molecule is COc1c(Br)cc(F)cc1CCO. The van der Waals surface area contributed by atoms with Crippen molar-refractivity contribution < 1.29 is 14.2 Å². The summed E-state index contributed by atoms with van der Waals surface area (Å²) in [4.78, 5) is 0. The third kappa shape index (κ3) is 2.42. The standard InChI is InChI=1S/C9H10BrFO2/c1-13-9-6(2-3-12)4-7(11)5-8(9)10/h4-5,12H,2-3H2,1H3. The second-order valence-electron chi connectivity index (χ2n) is 2.55. The minimum atomic E-state index is -0.337. The number of benzene rings is 1. The highest BCUT2D eigenvalue weighted by Crippen LogP contribution is 2.30. The van der Waals surface area contributed by atoms with E-state index in [0.717, 1.165) is 0 Å². The number of ether oxygens (including phenoxy) is 1. The fourth-order valence-electron chi connectivity index (χ4n) is 1.15. The second kappa shape index (κ2) is 4.58. The first-order valence-corrected chi connectivity index (χ1v) is 4.61. The number of aliphatic hydroxyl groups excluding tert-OH is 1. The molecule has 0 radical (unpaired) electrons. The zero-order valence-corrected chi connectivity index (χ0v) is 8.77. The second-order valence-corrected chi connectivity index (χ2v) is 3.41. The summed E-state index contributed by atoms with van der Waals surface area (Å²) in [6.45, 7) is -0.0216. The normalized spacial score (nSPS) is 10.2. The Kier molecular flexibility index (Phi) is 3.69. The van der Waals surface area contributed by atoms with Crippen molar-refractivity contribution in [2.24, 2.45) is 0 Å². The smallest absolute Gasteiger partial charge is 0.136 e. The van der Waals surface area contributed by atoms with Gasteiger partial charge in [0.2, 0.25) is 0 Å². The summed E-state index contributed by atoms with van der Waals surface area (Å²) in [5.74, 6) is 0.242. The summed E-state index contributed by atoms with van der Waals surface area (Å²) in [5, 5.41) is 8.73. The van der Waals surface area contributed by atoms with E-state index in [1.54, 1.807) is 0 Å². The largest absolute Gasteiger partial charge is 0.495 e. The third-order valence-corrected chi connectivity index (χ3v) is 2.26. The van der Waals surface area contributed by atoms with Gasteiger partial charge < -0.3 is 9.84 Å². The molecular weight excluding hydrogens is 239 g/mol. The molecule has 0 unspecified atom stereocenters. The lowest BCUT2D eigenvalue weighted by Gasteiger charge is -2.09. The van der Waals surface area contributed by atoms with Gasteiger partial charge >= 0.3 is 0 Å². The molecule has 0 aliphatic rings. The number of halogens is 2. The van der Waals surface area contributed by atoms with Crippen molar-refractivity contribution in [2.45, 2.75) is 6.42 Å². The number of hydrogen-bond donors (Lipinski definition) is 1. The van der Waals surface area contributed by atoms with Gasteiger partial charge in [0.1, 0.15) is 11.6 Å². The zero-order valence-electron chi connectivity index (χ0n) is 7.18. The molecule has 0 bridgehead atoms. The molecule has 0 aliphatic carbocycles.